The topological polar surface area (TPSA) is 69.7 Å². The van der Waals surface area contributed by atoms with Gasteiger partial charge in [-0.2, -0.15) is 0 Å². The summed E-state index contributed by atoms with van der Waals surface area (Å²) < 4.78 is 11.4. The normalized spacial score (nSPS) is 41.3. The lowest BCUT2D eigenvalue weighted by Crippen LogP contribution is -2.54. The Morgan fingerprint density at radius 1 is 1.00 bits per heavy atom. The molecule has 4 rings (SSSR count). The number of rotatable bonds is 3. The van der Waals surface area contributed by atoms with Crippen LogP contribution in [0.5, 0.6) is 0 Å². The largest absolute Gasteiger partial charge is 0.465 e. The number of hydrogen-bond donors (Lipinski definition) is 0. The van der Waals surface area contributed by atoms with Gasteiger partial charge in [0.15, 0.2) is 5.78 Å². The smallest absolute Gasteiger partial charge is 0.302 e. The Balaban J connectivity index is 1.68. The molecule has 4 aliphatic rings. The highest BCUT2D eigenvalue weighted by Gasteiger charge is 2.61. The van der Waals surface area contributed by atoms with Crippen molar-refractivity contribution in [1.82, 2.24) is 0 Å². The van der Waals surface area contributed by atoms with Crippen LogP contribution < -0.4 is 0 Å². The Kier molecular flexibility index (Phi) is 5.15. The van der Waals surface area contributed by atoms with Gasteiger partial charge >= 0.3 is 11.9 Å². The number of esters is 2. The third-order valence-electron chi connectivity index (χ3n) is 8.90. The molecule has 6 atom stereocenters. The molecule has 5 heteroatoms. The quantitative estimate of drug-likeness (QED) is 0.655. The zero-order chi connectivity index (χ0) is 21.0. The fourth-order valence-electron chi connectivity index (χ4n) is 7.59. The third-order valence-corrected chi connectivity index (χ3v) is 8.90. The minimum Gasteiger partial charge on any atom is -0.465 e. The first-order chi connectivity index (χ1) is 13.7. The molecule has 0 aromatic heterocycles. The van der Waals surface area contributed by atoms with Crippen molar-refractivity contribution < 1.29 is 23.9 Å². The van der Waals surface area contributed by atoms with Crippen LogP contribution >= 0.6 is 0 Å². The highest BCUT2D eigenvalue weighted by molar-refractivity contribution is 5.96. The maximum absolute atomic E-state index is 12.5. The first kappa shape index (κ1) is 20.6. The molecule has 0 radical (unpaired) electrons. The molecular formula is C24H34O5. The second kappa shape index (κ2) is 7.24. The van der Waals surface area contributed by atoms with E-state index in [4.69, 9.17) is 9.47 Å². The van der Waals surface area contributed by atoms with E-state index in [0.717, 1.165) is 50.5 Å². The van der Waals surface area contributed by atoms with Gasteiger partial charge < -0.3 is 9.47 Å². The van der Waals surface area contributed by atoms with Crippen LogP contribution in [0.1, 0.15) is 79.1 Å². The highest BCUT2D eigenvalue weighted by Crippen LogP contribution is 2.66. The molecule has 0 aliphatic heterocycles. The van der Waals surface area contributed by atoms with E-state index >= 15 is 0 Å². The SMILES string of the molecule is CC(=O)OCC12CCC(=O)C(C)=C1CCC1C2CCC2(C)C(OC(C)=O)CCC12. The van der Waals surface area contributed by atoms with Crippen molar-refractivity contribution in [3.8, 4) is 0 Å². The molecule has 0 amide bonds. The van der Waals surface area contributed by atoms with Gasteiger partial charge in [-0.25, -0.2) is 0 Å². The van der Waals surface area contributed by atoms with Crippen LogP contribution in [0.4, 0.5) is 0 Å². The van der Waals surface area contributed by atoms with Crippen molar-refractivity contribution in [3.63, 3.8) is 0 Å². The summed E-state index contributed by atoms with van der Waals surface area (Å²) in [6.45, 7) is 7.67. The van der Waals surface area contributed by atoms with E-state index in [1.807, 2.05) is 6.92 Å². The molecule has 3 fully saturated rings. The first-order valence-electron chi connectivity index (χ1n) is 11.2. The van der Waals surface area contributed by atoms with Crippen molar-refractivity contribution in [2.24, 2.45) is 28.6 Å². The van der Waals surface area contributed by atoms with E-state index in [-0.39, 0.29) is 34.7 Å². The minimum absolute atomic E-state index is 0.0157. The van der Waals surface area contributed by atoms with Crippen molar-refractivity contribution in [2.75, 3.05) is 6.61 Å². The van der Waals surface area contributed by atoms with Crippen molar-refractivity contribution in [1.29, 1.82) is 0 Å². The van der Waals surface area contributed by atoms with Gasteiger partial charge in [0.1, 0.15) is 12.7 Å². The van der Waals surface area contributed by atoms with E-state index in [0.29, 0.717) is 30.8 Å². The van der Waals surface area contributed by atoms with Crippen LogP contribution in [0.2, 0.25) is 0 Å². The number of carbonyl (C=O) groups is 3. The maximum Gasteiger partial charge on any atom is 0.302 e. The average Bonchev–Trinajstić information content (AvgIpc) is 2.99. The van der Waals surface area contributed by atoms with E-state index in [9.17, 15) is 14.4 Å². The summed E-state index contributed by atoms with van der Waals surface area (Å²) in [5.41, 5.74) is 2.03. The molecule has 160 valence electrons. The average molecular weight is 403 g/mol. The number of Topliss-reactive ketones (excluding diaryl/α,β-unsaturated/α-hetero) is 1. The van der Waals surface area contributed by atoms with Crippen molar-refractivity contribution >= 4 is 17.7 Å². The van der Waals surface area contributed by atoms with E-state index < -0.39 is 0 Å². The summed E-state index contributed by atoms with van der Waals surface area (Å²) in [5.74, 6) is 1.33. The Morgan fingerprint density at radius 3 is 2.45 bits per heavy atom. The molecule has 0 N–H and O–H groups in total. The van der Waals surface area contributed by atoms with E-state index in [2.05, 4.69) is 6.92 Å². The zero-order valence-corrected chi connectivity index (χ0v) is 18.2. The molecule has 0 heterocycles. The van der Waals surface area contributed by atoms with Gasteiger partial charge in [0.25, 0.3) is 0 Å². The van der Waals surface area contributed by atoms with Crippen LogP contribution in [0.25, 0.3) is 0 Å². The van der Waals surface area contributed by atoms with Crippen LogP contribution in [0.15, 0.2) is 11.1 Å². The van der Waals surface area contributed by atoms with Gasteiger partial charge in [0.2, 0.25) is 0 Å². The minimum atomic E-state index is -0.244. The fraction of sp³-hybridized carbons (Fsp3) is 0.792. The van der Waals surface area contributed by atoms with Crippen molar-refractivity contribution in [2.45, 2.75) is 85.2 Å². The molecule has 0 aromatic carbocycles. The predicted molar refractivity (Wildman–Crippen MR) is 108 cm³/mol. The molecule has 3 saturated carbocycles. The van der Waals surface area contributed by atoms with Crippen LogP contribution in [0.3, 0.4) is 0 Å². The van der Waals surface area contributed by atoms with Gasteiger partial charge in [0.05, 0.1) is 0 Å². The molecular weight excluding hydrogens is 368 g/mol. The molecule has 0 aromatic rings. The summed E-state index contributed by atoms with van der Waals surface area (Å²) in [6.07, 6.45) is 7.48. The highest BCUT2D eigenvalue weighted by atomic mass is 16.5. The molecule has 4 aliphatic carbocycles. The second-order valence-electron chi connectivity index (χ2n) is 10.1. The lowest BCUT2D eigenvalue weighted by molar-refractivity contribution is -0.159. The number of hydrogen-bond acceptors (Lipinski definition) is 5. The lowest BCUT2D eigenvalue weighted by atomic mass is 9.46. The summed E-state index contributed by atoms with van der Waals surface area (Å²) >= 11 is 0. The van der Waals surface area contributed by atoms with Gasteiger partial charge in [-0.3, -0.25) is 14.4 Å². The summed E-state index contributed by atoms with van der Waals surface area (Å²) in [7, 11) is 0. The fourth-order valence-corrected chi connectivity index (χ4v) is 7.59. The monoisotopic (exact) mass is 402 g/mol. The third kappa shape index (κ3) is 3.16. The molecule has 0 spiro atoms. The van der Waals surface area contributed by atoms with Gasteiger partial charge in [-0.15, -0.1) is 0 Å². The van der Waals surface area contributed by atoms with Crippen molar-refractivity contribution in [3.05, 3.63) is 11.1 Å². The Morgan fingerprint density at radius 2 is 1.76 bits per heavy atom. The van der Waals surface area contributed by atoms with Gasteiger partial charge in [-0.05, 0) is 75.2 Å². The Bertz CT molecular complexity index is 767. The first-order valence-corrected chi connectivity index (χ1v) is 11.2. The standard InChI is InChI=1S/C24H34O5/c1-14-18-6-5-17-19-7-8-22(29-16(3)26)23(19,4)11-9-20(17)24(18,12-10-21(14)27)13-28-15(2)25/h17,19-20,22H,5-13H2,1-4H3. The zero-order valence-electron chi connectivity index (χ0n) is 18.2. The number of fused-ring (bicyclic) bond motifs is 5. The maximum atomic E-state index is 12.5. The Labute approximate surface area is 173 Å². The summed E-state index contributed by atoms with van der Waals surface area (Å²) in [6, 6.07) is 0. The number of ketones is 1. The molecule has 29 heavy (non-hydrogen) atoms. The molecule has 6 unspecified atom stereocenters. The summed E-state index contributed by atoms with van der Waals surface area (Å²) in [4.78, 5) is 35.8. The number of ether oxygens (including phenoxy) is 2. The van der Waals surface area contributed by atoms with Crippen LogP contribution in [-0.2, 0) is 23.9 Å². The van der Waals surface area contributed by atoms with Crippen LogP contribution in [-0.4, -0.2) is 30.4 Å². The van der Waals surface area contributed by atoms with E-state index in [1.165, 1.54) is 19.4 Å². The van der Waals surface area contributed by atoms with Gasteiger partial charge in [-0.1, -0.05) is 12.5 Å². The lowest BCUT2D eigenvalue weighted by Gasteiger charge is -2.58. The molecule has 0 saturated heterocycles. The molecule has 5 nitrogen and oxygen atoms in total. The predicted octanol–water partition coefficient (Wildman–Crippen LogP) is 4.38. The van der Waals surface area contributed by atoms with E-state index in [1.54, 1.807) is 0 Å². The number of carbonyl (C=O) groups excluding carboxylic acids is 3. The molecule has 0 bridgehead atoms. The second-order valence-corrected chi connectivity index (χ2v) is 10.1. The Hall–Kier alpha value is -1.65. The summed E-state index contributed by atoms with van der Waals surface area (Å²) in [5, 5.41) is 0. The van der Waals surface area contributed by atoms with Crippen LogP contribution in [0, 0.1) is 28.6 Å². The van der Waals surface area contributed by atoms with Gasteiger partial charge in [0, 0.05) is 31.1 Å².